The SMILES string of the molecule is O=C(Nc1cccc(CN2CCSCC2)c1)C1CCS(=O)(=O)C1. The third kappa shape index (κ3) is 4.71. The van der Waals surface area contributed by atoms with Gasteiger partial charge in [0.05, 0.1) is 17.4 Å². The summed E-state index contributed by atoms with van der Waals surface area (Å²) < 4.78 is 23.0. The molecule has 1 aromatic carbocycles. The Morgan fingerprint density at radius 1 is 1.30 bits per heavy atom. The highest BCUT2D eigenvalue weighted by molar-refractivity contribution is 7.99. The van der Waals surface area contributed by atoms with E-state index in [0.717, 1.165) is 25.3 Å². The third-order valence-corrected chi connectivity index (χ3v) is 7.02. The van der Waals surface area contributed by atoms with E-state index < -0.39 is 15.8 Å². The van der Waals surface area contributed by atoms with Crippen molar-refractivity contribution in [2.45, 2.75) is 13.0 Å². The molecule has 0 aromatic heterocycles. The Balaban J connectivity index is 1.60. The Morgan fingerprint density at radius 2 is 2.09 bits per heavy atom. The average molecular weight is 354 g/mol. The Bertz CT molecular complexity index is 670. The van der Waals surface area contributed by atoms with E-state index in [1.165, 1.54) is 17.1 Å². The van der Waals surface area contributed by atoms with Crippen LogP contribution in [0.25, 0.3) is 0 Å². The summed E-state index contributed by atoms with van der Waals surface area (Å²) >= 11 is 1.99. The van der Waals surface area contributed by atoms with Crippen molar-refractivity contribution in [3.8, 4) is 0 Å². The summed E-state index contributed by atoms with van der Waals surface area (Å²) in [4.78, 5) is 14.6. The van der Waals surface area contributed by atoms with Gasteiger partial charge in [-0.15, -0.1) is 0 Å². The molecule has 0 aliphatic carbocycles. The maximum atomic E-state index is 12.2. The summed E-state index contributed by atoms with van der Waals surface area (Å²) in [7, 11) is -3.03. The van der Waals surface area contributed by atoms with E-state index in [9.17, 15) is 13.2 Å². The van der Waals surface area contributed by atoms with Crippen molar-refractivity contribution in [3.63, 3.8) is 0 Å². The molecule has 0 spiro atoms. The van der Waals surface area contributed by atoms with E-state index in [1.807, 2.05) is 30.0 Å². The van der Waals surface area contributed by atoms with E-state index in [4.69, 9.17) is 0 Å². The minimum atomic E-state index is -3.03. The molecular formula is C16H22N2O3S2. The lowest BCUT2D eigenvalue weighted by Gasteiger charge is -2.26. The van der Waals surface area contributed by atoms with Gasteiger partial charge in [-0.1, -0.05) is 12.1 Å². The highest BCUT2D eigenvalue weighted by atomic mass is 32.2. The van der Waals surface area contributed by atoms with Crippen LogP contribution in [0.4, 0.5) is 5.69 Å². The first-order valence-corrected chi connectivity index (χ1v) is 10.9. The maximum Gasteiger partial charge on any atom is 0.228 e. The second-order valence-electron chi connectivity index (χ2n) is 6.18. The van der Waals surface area contributed by atoms with Gasteiger partial charge in [0.25, 0.3) is 0 Å². The van der Waals surface area contributed by atoms with Crippen LogP contribution in [-0.4, -0.2) is 55.3 Å². The molecule has 1 aromatic rings. The molecule has 2 fully saturated rings. The molecule has 3 rings (SSSR count). The number of sulfone groups is 1. The van der Waals surface area contributed by atoms with Gasteiger partial charge in [0.15, 0.2) is 9.84 Å². The summed E-state index contributed by atoms with van der Waals surface area (Å²) in [5.74, 6) is 1.85. The van der Waals surface area contributed by atoms with E-state index in [1.54, 1.807) is 0 Å². The molecule has 1 atom stereocenters. The fourth-order valence-electron chi connectivity index (χ4n) is 3.01. The van der Waals surface area contributed by atoms with E-state index in [2.05, 4.69) is 16.3 Å². The van der Waals surface area contributed by atoms with Crippen LogP contribution >= 0.6 is 11.8 Å². The second-order valence-corrected chi connectivity index (χ2v) is 9.63. The molecule has 2 heterocycles. The molecule has 0 bridgehead atoms. The molecule has 1 amide bonds. The molecule has 1 unspecified atom stereocenters. The molecule has 1 N–H and O–H groups in total. The van der Waals surface area contributed by atoms with Gasteiger partial charge in [0, 0.05) is 36.8 Å². The van der Waals surface area contributed by atoms with Crippen LogP contribution in [0.3, 0.4) is 0 Å². The van der Waals surface area contributed by atoms with Crippen LogP contribution in [-0.2, 0) is 21.2 Å². The number of rotatable bonds is 4. The average Bonchev–Trinajstić information content (AvgIpc) is 2.89. The first kappa shape index (κ1) is 16.8. The van der Waals surface area contributed by atoms with Gasteiger partial charge >= 0.3 is 0 Å². The number of hydrogen-bond donors (Lipinski definition) is 1. The predicted molar refractivity (Wildman–Crippen MR) is 94.4 cm³/mol. The number of carbonyl (C=O) groups is 1. The quantitative estimate of drug-likeness (QED) is 0.890. The summed E-state index contributed by atoms with van der Waals surface area (Å²) in [5.41, 5.74) is 1.93. The number of thioether (sulfide) groups is 1. The summed E-state index contributed by atoms with van der Waals surface area (Å²) in [6.07, 6.45) is 0.430. The Hall–Kier alpha value is -1.05. The Kier molecular flexibility index (Phi) is 5.28. The monoisotopic (exact) mass is 354 g/mol. The zero-order valence-corrected chi connectivity index (χ0v) is 14.7. The van der Waals surface area contributed by atoms with Crippen LogP contribution < -0.4 is 5.32 Å². The van der Waals surface area contributed by atoms with Gasteiger partial charge in [0.2, 0.25) is 5.91 Å². The van der Waals surface area contributed by atoms with Crippen LogP contribution in [0, 0.1) is 5.92 Å². The van der Waals surface area contributed by atoms with Crippen molar-refractivity contribution in [3.05, 3.63) is 29.8 Å². The first-order chi connectivity index (χ1) is 11.0. The standard InChI is InChI=1S/C16H22N2O3S2/c19-16(14-4-9-23(20,21)12-14)17-15-3-1-2-13(10-15)11-18-5-7-22-8-6-18/h1-3,10,14H,4-9,11-12H2,(H,17,19). The van der Waals surface area contributed by atoms with Crippen LogP contribution in [0.15, 0.2) is 24.3 Å². The molecule has 0 saturated carbocycles. The zero-order chi connectivity index (χ0) is 16.3. The molecule has 7 heteroatoms. The topological polar surface area (TPSA) is 66.5 Å². The molecule has 2 aliphatic heterocycles. The molecule has 0 radical (unpaired) electrons. The number of nitrogens with zero attached hydrogens (tertiary/aromatic N) is 1. The Morgan fingerprint density at radius 3 is 2.78 bits per heavy atom. The normalized spacial score (nSPS) is 24.4. The number of hydrogen-bond acceptors (Lipinski definition) is 5. The Labute approximate surface area is 141 Å². The maximum absolute atomic E-state index is 12.2. The highest BCUT2D eigenvalue weighted by Crippen LogP contribution is 2.21. The minimum absolute atomic E-state index is 0.0238. The van der Waals surface area contributed by atoms with Crippen molar-refractivity contribution in [1.82, 2.24) is 4.90 Å². The smallest absolute Gasteiger partial charge is 0.228 e. The van der Waals surface area contributed by atoms with Crippen molar-refractivity contribution in [2.24, 2.45) is 5.92 Å². The zero-order valence-electron chi connectivity index (χ0n) is 13.0. The number of amides is 1. The lowest BCUT2D eigenvalue weighted by molar-refractivity contribution is -0.119. The number of carbonyl (C=O) groups excluding carboxylic acids is 1. The predicted octanol–water partition coefficient (Wildman–Crippen LogP) is 1.61. The van der Waals surface area contributed by atoms with Gasteiger partial charge < -0.3 is 5.32 Å². The van der Waals surface area contributed by atoms with Gasteiger partial charge in [-0.3, -0.25) is 9.69 Å². The lowest BCUT2D eigenvalue weighted by Crippen LogP contribution is -2.32. The molecular weight excluding hydrogens is 332 g/mol. The van der Waals surface area contributed by atoms with E-state index in [0.29, 0.717) is 6.42 Å². The highest BCUT2D eigenvalue weighted by Gasteiger charge is 2.32. The van der Waals surface area contributed by atoms with Gasteiger partial charge in [-0.05, 0) is 24.1 Å². The van der Waals surface area contributed by atoms with Crippen LogP contribution in [0.5, 0.6) is 0 Å². The van der Waals surface area contributed by atoms with Crippen molar-refractivity contribution in [1.29, 1.82) is 0 Å². The number of nitrogens with one attached hydrogen (secondary N) is 1. The van der Waals surface area contributed by atoms with Gasteiger partial charge in [-0.25, -0.2) is 8.42 Å². The minimum Gasteiger partial charge on any atom is -0.326 e. The fourth-order valence-corrected chi connectivity index (χ4v) is 5.73. The fraction of sp³-hybridized carbons (Fsp3) is 0.562. The molecule has 2 saturated heterocycles. The van der Waals surface area contributed by atoms with Crippen LogP contribution in [0.1, 0.15) is 12.0 Å². The molecule has 23 heavy (non-hydrogen) atoms. The largest absolute Gasteiger partial charge is 0.326 e. The van der Waals surface area contributed by atoms with Gasteiger partial charge in [0.1, 0.15) is 0 Å². The van der Waals surface area contributed by atoms with Crippen molar-refractivity contribution < 1.29 is 13.2 Å². The van der Waals surface area contributed by atoms with Crippen molar-refractivity contribution in [2.75, 3.05) is 41.4 Å². The third-order valence-electron chi connectivity index (χ3n) is 4.31. The summed E-state index contributed by atoms with van der Waals surface area (Å²) in [6.45, 7) is 3.09. The summed E-state index contributed by atoms with van der Waals surface area (Å²) in [6, 6.07) is 7.85. The second kappa shape index (κ2) is 7.23. The molecule has 2 aliphatic rings. The molecule has 126 valence electrons. The summed E-state index contributed by atoms with van der Waals surface area (Å²) in [5, 5.41) is 2.87. The number of anilines is 1. The molecule has 5 nitrogen and oxygen atoms in total. The van der Waals surface area contributed by atoms with Crippen molar-refractivity contribution >= 4 is 33.2 Å². The van der Waals surface area contributed by atoms with E-state index in [-0.39, 0.29) is 17.4 Å². The number of benzene rings is 1. The first-order valence-electron chi connectivity index (χ1n) is 7.92. The van der Waals surface area contributed by atoms with Crippen LogP contribution in [0.2, 0.25) is 0 Å². The lowest BCUT2D eigenvalue weighted by atomic mass is 10.1. The van der Waals surface area contributed by atoms with Gasteiger partial charge in [-0.2, -0.15) is 11.8 Å². The van der Waals surface area contributed by atoms with E-state index >= 15 is 0 Å².